The van der Waals surface area contributed by atoms with Crippen molar-refractivity contribution >= 4 is 15.9 Å². The molecule has 0 aromatic heterocycles. The molecule has 1 saturated heterocycles. The maximum atomic E-state index is 14.1. The van der Waals surface area contributed by atoms with Gasteiger partial charge in [-0.15, -0.1) is 0 Å². The molecule has 0 spiro atoms. The maximum Gasteiger partial charge on any atom is 0.127 e. The molecular weight excluding hydrogens is 305 g/mol. The average Bonchev–Trinajstić information content (AvgIpc) is 2.37. The van der Waals surface area contributed by atoms with Gasteiger partial charge in [-0.1, -0.05) is 52.3 Å². The van der Waals surface area contributed by atoms with Crippen LogP contribution < -0.4 is 5.32 Å². The molecule has 0 aliphatic carbocycles. The Kier molecular flexibility index (Phi) is 3.42. The standard InChI is InChI=1S/C16H15BrFN/c17-14-7-3-1-5-12(14)9-16(10-19-11-16)13-6-2-4-8-15(13)18/h1-8,19H,9-11H2. The van der Waals surface area contributed by atoms with E-state index in [1.165, 1.54) is 5.56 Å². The van der Waals surface area contributed by atoms with Gasteiger partial charge < -0.3 is 5.32 Å². The number of halogens is 2. The molecule has 1 aliphatic heterocycles. The third-order valence-corrected chi connectivity index (χ3v) is 4.63. The van der Waals surface area contributed by atoms with E-state index in [2.05, 4.69) is 27.3 Å². The van der Waals surface area contributed by atoms with Crippen molar-refractivity contribution in [1.29, 1.82) is 0 Å². The lowest BCUT2D eigenvalue weighted by atomic mass is 9.71. The normalized spacial score (nSPS) is 16.9. The van der Waals surface area contributed by atoms with Crippen molar-refractivity contribution in [3.05, 3.63) is 69.9 Å². The van der Waals surface area contributed by atoms with Crippen LogP contribution in [0.5, 0.6) is 0 Å². The number of nitrogens with one attached hydrogen (secondary N) is 1. The molecule has 1 aliphatic rings. The molecule has 1 N–H and O–H groups in total. The second kappa shape index (κ2) is 5.06. The van der Waals surface area contributed by atoms with Gasteiger partial charge in [0.05, 0.1) is 0 Å². The summed E-state index contributed by atoms with van der Waals surface area (Å²) in [4.78, 5) is 0. The minimum atomic E-state index is -0.116. The van der Waals surface area contributed by atoms with Gasteiger partial charge >= 0.3 is 0 Å². The molecule has 19 heavy (non-hydrogen) atoms. The monoisotopic (exact) mass is 319 g/mol. The summed E-state index contributed by atoms with van der Waals surface area (Å²) in [5.74, 6) is -0.101. The molecule has 0 atom stereocenters. The van der Waals surface area contributed by atoms with Crippen molar-refractivity contribution in [1.82, 2.24) is 5.32 Å². The number of hydrogen-bond donors (Lipinski definition) is 1. The summed E-state index contributed by atoms with van der Waals surface area (Å²) in [5.41, 5.74) is 1.94. The van der Waals surface area contributed by atoms with Gasteiger partial charge in [0, 0.05) is 23.0 Å². The Morgan fingerprint density at radius 3 is 2.37 bits per heavy atom. The van der Waals surface area contributed by atoms with Crippen LogP contribution in [0, 0.1) is 5.82 Å². The Hall–Kier alpha value is -1.19. The first kappa shape index (κ1) is 12.8. The third-order valence-electron chi connectivity index (χ3n) is 3.86. The van der Waals surface area contributed by atoms with E-state index in [-0.39, 0.29) is 11.2 Å². The highest BCUT2D eigenvalue weighted by atomic mass is 79.9. The number of rotatable bonds is 3. The zero-order valence-electron chi connectivity index (χ0n) is 10.5. The lowest BCUT2D eigenvalue weighted by molar-refractivity contribution is 0.265. The first-order valence-corrected chi connectivity index (χ1v) is 7.20. The lowest BCUT2D eigenvalue weighted by Gasteiger charge is -2.43. The highest BCUT2D eigenvalue weighted by molar-refractivity contribution is 9.10. The van der Waals surface area contributed by atoms with Crippen LogP contribution in [0.4, 0.5) is 4.39 Å². The summed E-state index contributed by atoms with van der Waals surface area (Å²) in [6.45, 7) is 1.66. The molecule has 2 aromatic carbocycles. The van der Waals surface area contributed by atoms with Gasteiger partial charge in [-0.05, 0) is 29.7 Å². The Labute approximate surface area is 121 Å². The van der Waals surface area contributed by atoms with E-state index >= 15 is 0 Å². The van der Waals surface area contributed by atoms with Crippen molar-refractivity contribution in [2.45, 2.75) is 11.8 Å². The van der Waals surface area contributed by atoms with Gasteiger partial charge in [-0.3, -0.25) is 0 Å². The summed E-state index contributed by atoms with van der Waals surface area (Å²) in [7, 11) is 0. The van der Waals surface area contributed by atoms with Crippen molar-refractivity contribution < 1.29 is 4.39 Å². The van der Waals surface area contributed by atoms with Gasteiger partial charge in [0.15, 0.2) is 0 Å². The summed E-state index contributed by atoms with van der Waals surface area (Å²) in [5, 5.41) is 3.29. The predicted molar refractivity (Wildman–Crippen MR) is 78.8 cm³/mol. The van der Waals surface area contributed by atoms with Crippen LogP contribution >= 0.6 is 15.9 Å². The lowest BCUT2D eigenvalue weighted by Crippen LogP contribution is -2.58. The van der Waals surface area contributed by atoms with Crippen molar-refractivity contribution in [3.63, 3.8) is 0 Å². The minimum absolute atomic E-state index is 0.101. The fourth-order valence-electron chi connectivity index (χ4n) is 2.74. The summed E-state index contributed by atoms with van der Waals surface area (Å²) in [6.07, 6.45) is 0.850. The van der Waals surface area contributed by atoms with E-state index in [1.54, 1.807) is 12.1 Å². The van der Waals surface area contributed by atoms with E-state index in [0.29, 0.717) is 0 Å². The number of benzene rings is 2. The second-order valence-corrected chi connectivity index (χ2v) is 5.99. The van der Waals surface area contributed by atoms with Crippen LogP contribution in [0.25, 0.3) is 0 Å². The Morgan fingerprint density at radius 1 is 1.05 bits per heavy atom. The first-order chi connectivity index (χ1) is 9.21. The zero-order chi connectivity index (χ0) is 13.3. The Bertz CT molecular complexity index is 593. The summed E-state index contributed by atoms with van der Waals surface area (Å²) >= 11 is 3.58. The SMILES string of the molecule is Fc1ccccc1C1(Cc2ccccc2Br)CNC1. The molecule has 0 bridgehead atoms. The molecule has 3 rings (SSSR count). The summed E-state index contributed by atoms with van der Waals surface area (Å²) in [6, 6.07) is 15.3. The maximum absolute atomic E-state index is 14.1. The second-order valence-electron chi connectivity index (χ2n) is 5.13. The van der Waals surface area contributed by atoms with Gasteiger partial charge in [0.25, 0.3) is 0 Å². The molecule has 1 heterocycles. The Morgan fingerprint density at radius 2 is 1.74 bits per heavy atom. The fourth-order valence-corrected chi connectivity index (χ4v) is 3.16. The fraction of sp³-hybridized carbons (Fsp3) is 0.250. The highest BCUT2D eigenvalue weighted by Crippen LogP contribution is 2.35. The van der Waals surface area contributed by atoms with Crippen LogP contribution in [0.15, 0.2) is 53.0 Å². The highest BCUT2D eigenvalue weighted by Gasteiger charge is 2.40. The van der Waals surface area contributed by atoms with Gasteiger partial charge in [0.2, 0.25) is 0 Å². The van der Waals surface area contributed by atoms with Crippen LogP contribution in [0.3, 0.4) is 0 Å². The molecule has 98 valence electrons. The van der Waals surface area contributed by atoms with E-state index in [9.17, 15) is 4.39 Å². The van der Waals surface area contributed by atoms with Crippen LogP contribution in [0.2, 0.25) is 0 Å². The van der Waals surface area contributed by atoms with E-state index in [1.807, 2.05) is 30.3 Å². The molecule has 0 saturated carbocycles. The smallest absolute Gasteiger partial charge is 0.127 e. The molecule has 1 fully saturated rings. The molecule has 0 amide bonds. The first-order valence-electron chi connectivity index (χ1n) is 6.40. The molecule has 3 heteroatoms. The van der Waals surface area contributed by atoms with Crippen molar-refractivity contribution in [2.24, 2.45) is 0 Å². The molecule has 0 unspecified atom stereocenters. The molecular formula is C16H15BrFN. The van der Waals surface area contributed by atoms with Crippen LogP contribution in [0.1, 0.15) is 11.1 Å². The van der Waals surface area contributed by atoms with Gasteiger partial charge in [-0.2, -0.15) is 0 Å². The zero-order valence-corrected chi connectivity index (χ0v) is 12.1. The molecule has 2 aromatic rings. The van der Waals surface area contributed by atoms with Crippen LogP contribution in [-0.4, -0.2) is 13.1 Å². The van der Waals surface area contributed by atoms with E-state index < -0.39 is 0 Å². The van der Waals surface area contributed by atoms with Crippen LogP contribution in [-0.2, 0) is 11.8 Å². The van der Waals surface area contributed by atoms with Crippen molar-refractivity contribution in [3.8, 4) is 0 Å². The minimum Gasteiger partial charge on any atom is -0.315 e. The molecule has 0 radical (unpaired) electrons. The largest absolute Gasteiger partial charge is 0.315 e. The summed E-state index contributed by atoms with van der Waals surface area (Å²) < 4.78 is 15.2. The topological polar surface area (TPSA) is 12.0 Å². The average molecular weight is 320 g/mol. The molecule has 1 nitrogen and oxygen atoms in total. The van der Waals surface area contributed by atoms with Gasteiger partial charge in [0.1, 0.15) is 5.82 Å². The predicted octanol–water partition coefficient (Wildman–Crippen LogP) is 3.67. The van der Waals surface area contributed by atoms with Crippen molar-refractivity contribution in [2.75, 3.05) is 13.1 Å². The Balaban J connectivity index is 1.97. The third kappa shape index (κ3) is 2.33. The van der Waals surface area contributed by atoms with E-state index in [0.717, 1.165) is 29.5 Å². The number of hydrogen-bond acceptors (Lipinski definition) is 1. The van der Waals surface area contributed by atoms with Gasteiger partial charge in [-0.25, -0.2) is 4.39 Å². The van der Waals surface area contributed by atoms with E-state index in [4.69, 9.17) is 0 Å². The quantitative estimate of drug-likeness (QED) is 0.910.